The van der Waals surface area contributed by atoms with Crippen LogP contribution >= 0.6 is 11.8 Å². The molecule has 2 nitrogen and oxygen atoms in total. The third-order valence-electron chi connectivity index (χ3n) is 2.34. The molecule has 0 saturated heterocycles. The molecule has 1 rings (SSSR count). The molecule has 17 heavy (non-hydrogen) atoms. The van der Waals surface area contributed by atoms with Gasteiger partial charge >= 0.3 is 0 Å². The largest absolute Gasteiger partial charge is 0.398 e. The van der Waals surface area contributed by atoms with Crippen molar-refractivity contribution in [3.63, 3.8) is 0 Å². The van der Waals surface area contributed by atoms with Crippen LogP contribution in [0.3, 0.4) is 0 Å². The molecule has 0 saturated carbocycles. The number of halogens is 1. The summed E-state index contributed by atoms with van der Waals surface area (Å²) in [7, 11) is 0. The fourth-order valence-corrected chi connectivity index (χ4v) is 1.92. The SMILES string of the molecule is CC(=O)SCCC=Cc1cc(F)cc(N)c1C. The van der Waals surface area contributed by atoms with Crippen molar-refractivity contribution < 1.29 is 9.18 Å². The summed E-state index contributed by atoms with van der Waals surface area (Å²) in [4.78, 5) is 10.7. The molecule has 0 aromatic heterocycles. The van der Waals surface area contributed by atoms with Crippen molar-refractivity contribution >= 4 is 28.6 Å². The number of benzene rings is 1. The van der Waals surface area contributed by atoms with E-state index in [1.165, 1.54) is 23.9 Å². The third-order valence-corrected chi connectivity index (χ3v) is 3.19. The quantitative estimate of drug-likeness (QED) is 0.660. The molecule has 1 aromatic rings. The average molecular weight is 253 g/mol. The summed E-state index contributed by atoms with van der Waals surface area (Å²) in [5.41, 5.74) is 7.79. The van der Waals surface area contributed by atoms with Gasteiger partial charge in [-0.3, -0.25) is 4.79 Å². The number of carbonyl (C=O) groups excluding carboxylic acids is 1. The first-order valence-corrected chi connectivity index (χ1v) is 6.35. The molecule has 0 spiro atoms. The van der Waals surface area contributed by atoms with Gasteiger partial charge in [0.1, 0.15) is 5.82 Å². The Morgan fingerprint density at radius 2 is 2.24 bits per heavy atom. The minimum atomic E-state index is -0.328. The molecule has 0 unspecified atom stereocenters. The van der Waals surface area contributed by atoms with E-state index in [-0.39, 0.29) is 10.9 Å². The van der Waals surface area contributed by atoms with E-state index in [0.29, 0.717) is 5.69 Å². The molecular weight excluding hydrogens is 237 g/mol. The second-order valence-corrected chi connectivity index (χ2v) is 5.01. The lowest BCUT2D eigenvalue weighted by molar-refractivity contribution is -0.109. The highest BCUT2D eigenvalue weighted by atomic mass is 32.2. The minimum Gasteiger partial charge on any atom is -0.398 e. The second-order valence-electron chi connectivity index (χ2n) is 3.74. The fraction of sp³-hybridized carbons (Fsp3) is 0.308. The summed E-state index contributed by atoms with van der Waals surface area (Å²) in [5.74, 6) is 0.418. The molecule has 0 heterocycles. The van der Waals surface area contributed by atoms with E-state index in [4.69, 9.17) is 5.73 Å². The summed E-state index contributed by atoms with van der Waals surface area (Å²) in [6.07, 6.45) is 4.55. The van der Waals surface area contributed by atoms with Crippen LogP contribution < -0.4 is 5.73 Å². The highest BCUT2D eigenvalue weighted by Crippen LogP contribution is 2.19. The lowest BCUT2D eigenvalue weighted by Crippen LogP contribution is -1.94. The molecule has 0 aliphatic rings. The van der Waals surface area contributed by atoms with Crippen LogP contribution in [0.15, 0.2) is 18.2 Å². The average Bonchev–Trinajstić information content (AvgIpc) is 2.23. The fourth-order valence-electron chi connectivity index (χ4n) is 1.38. The van der Waals surface area contributed by atoms with Gasteiger partial charge < -0.3 is 5.73 Å². The molecule has 1 aromatic carbocycles. The topological polar surface area (TPSA) is 43.1 Å². The van der Waals surface area contributed by atoms with E-state index < -0.39 is 0 Å². The zero-order valence-corrected chi connectivity index (χ0v) is 10.8. The van der Waals surface area contributed by atoms with E-state index >= 15 is 0 Å². The van der Waals surface area contributed by atoms with Crippen molar-refractivity contribution in [2.45, 2.75) is 20.3 Å². The van der Waals surface area contributed by atoms with Gasteiger partial charge in [0, 0.05) is 18.4 Å². The van der Waals surface area contributed by atoms with Crippen LogP contribution in [0, 0.1) is 12.7 Å². The van der Waals surface area contributed by atoms with Crippen molar-refractivity contribution in [3.8, 4) is 0 Å². The first kappa shape index (κ1) is 13.8. The highest BCUT2D eigenvalue weighted by Gasteiger charge is 2.02. The van der Waals surface area contributed by atoms with Gasteiger partial charge in [0.15, 0.2) is 5.12 Å². The van der Waals surface area contributed by atoms with Crippen LogP contribution in [0.5, 0.6) is 0 Å². The van der Waals surface area contributed by atoms with Gasteiger partial charge in [-0.05, 0) is 36.6 Å². The Morgan fingerprint density at radius 3 is 2.88 bits per heavy atom. The van der Waals surface area contributed by atoms with Crippen molar-refractivity contribution in [1.29, 1.82) is 0 Å². The van der Waals surface area contributed by atoms with Crippen molar-refractivity contribution in [3.05, 3.63) is 35.2 Å². The number of carbonyl (C=O) groups is 1. The maximum atomic E-state index is 13.1. The van der Waals surface area contributed by atoms with Crippen molar-refractivity contribution in [2.75, 3.05) is 11.5 Å². The third kappa shape index (κ3) is 4.61. The van der Waals surface area contributed by atoms with Crippen LogP contribution in [0.1, 0.15) is 24.5 Å². The Bertz CT molecular complexity index is 443. The molecule has 0 aliphatic carbocycles. The van der Waals surface area contributed by atoms with Gasteiger partial charge in [0.2, 0.25) is 0 Å². The normalized spacial score (nSPS) is 11.0. The number of rotatable bonds is 4. The first-order valence-electron chi connectivity index (χ1n) is 5.36. The van der Waals surface area contributed by atoms with Gasteiger partial charge in [-0.1, -0.05) is 23.9 Å². The minimum absolute atomic E-state index is 0.115. The summed E-state index contributed by atoms with van der Waals surface area (Å²) >= 11 is 1.29. The second kappa shape index (κ2) is 6.45. The van der Waals surface area contributed by atoms with Gasteiger partial charge in [-0.15, -0.1) is 0 Å². The Morgan fingerprint density at radius 1 is 1.53 bits per heavy atom. The van der Waals surface area contributed by atoms with E-state index in [0.717, 1.165) is 23.3 Å². The molecule has 0 bridgehead atoms. The number of anilines is 1. The number of allylic oxidation sites excluding steroid dienone is 1. The zero-order valence-electron chi connectivity index (χ0n) is 10.00. The molecule has 0 fully saturated rings. The highest BCUT2D eigenvalue weighted by molar-refractivity contribution is 8.13. The number of thioether (sulfide) groups is 1. The standard InChI is InChI=1S/C13H16FNOS/c1-9-11(7-12(14)8-13(9)15)5-3-4-6-17-10(2)16/h3,5,7-8H,4,6,15H2,1-2H3. The van der Waals surface area contributed by atoms with Crippen molar-refractivity contribution in [1.82, 2.24) is 0 Å². The number of nitrogen functional groups attached to an aromatic ring is 1. The molecule has 4 heteroatoms. The Kier molecular flexibility index (Phi) is 5.22. The van der Waals surface area contributed by atoms with Crippen molar-refractivity contribution in [2.24, 2.45) is 0 Å². The summed E-state index contributed by atoms with van der Waals surface area (Å²) in [6.45, 7) is 3.41. The van der Waals surface area contributed by atoms with Crippen LogP contribution in [0.4, 0.5) is 10.1 Å². The monoisotopic (exact) mass is 253 g/mol. The molecule has 0 aliphatic heterocycles. The Hall–Kier alpha value is -1.29. The maximum Gasteiger partial charge on any atom is 0.185 e. The van der Waals surface area contributed by atoms with E-state index in [9.17, 15) is 9.18 Å². The Labute approximate surface area is 105 Å². The molecular formula is C13H16FNOS. The van der Waals surface area contributed by atoms with Gasteiger partial charge in [0.05, 0.1) is 0 Å². The number of hydrogen-bond acceptors (Lipinski definition) is 3. The predicted octanol–water partition coefficient (Wildman–Crippen LogP) is 3.40. The Balaban J connectivity index is 2.62. The van der Waals surface area contributed by atoms with Crippen LogP contribution in [-0.2, 0) is 4.79 Å². The van der Waals surface area contributed by atoms with Gasteiger partial charge in [0.25, 0.3) is 0 Å². The summed E-state index contributed by atoms with van der Waals surface area (Å²) < 4.78 is 13.1. The molecule has 0 amide bonds. The van der Waals surface area contributed by atoms with Crippen LogP contribution in [0.25, 0.3) is 6.08 Å². The maximum absolute atomic E-state index is 13.1. The first-order chi connectivity index (χ1) is 8.00. The summed E-state index contributed by atoms with van der Waals surface area (Å²) in [5, 5.41) is 0.115. The van der Waals surface area contributed by atoms with E-state index in [1.807, 2.05) is 19.1 Å². The molecule has 92 valence electrons. The summed E-state index contributed by atoms with van der Waals surface area (Å²) in [6, 6.07) is 2.78. The van der Waals surface area contributed by atoms with E-state index in [2.05, 4.69) is 0 Å². The lowest BCUT2D eigenvalue weighted by Gasteiger charge is -2.04. The lowest BCUT2D eigenvalue weighted by atomic mass is 10.1. The predicted molar refractivity (Wildman–Crippen MR) is 72.3 cm³/mol. The van der Waals surface area contributed by atoms with Crippen LogP contribution in [-0.4, -0.2) is 10.9 Å². The molecule has 0 radical (unpaired) electrons. The smallest absolute Gasteiger partial charge is 0.185 e. The van der Waals surface area contributed by atoms with Gasteiger partial charge in [-0.25, -0.2) is 4.39 Å². The number of hydrogen-bond donors (Lipinski definition) is 1. The zero-order chi connectivity index (χ0) is 12.8. The molecule has 2 N–H and O–H groups in total. The molecule has 0 atom stereocenters. The van der Waals surface area contributed by atoms with E-state index in [1.54, 1.807) is 6.92 Å². The number of nitrogens with two attached hydrogens (primary N) is 1. The van der Waals surface area contributed by atoms with Crippen LogP contribution in [0.2, 0.25) is 0 Å². The van der Waals surface area contributed by atoms with Gasteiger partial charge in [-0.2, -0.15) is 0 Å².